The van der Waals surface area contributed by atoms with E-state index in [1.54, 1.807) is 0 Å². The average Bonchev–Trinajstić information content (AvgIpc) is 3.08. The minimum atomic E-state index is -0.0470. The molecule has 1 amide bonds. The molecule has 0 fully saturated rings. The number of hydrogen-bond acceptors (Lipinski definition) is 4. The van der Waals surface area contributed by atoms with Crippen LogP contribution in [0.4, 0.5) is 5.82 Å². The summed E-state index contributed by atoms with van der Waals surface area (Å²) in [6, 6.07) is 11.9. The number of rotatable bonds is 6. The molecule has 2 heterocycles. The molecule has 0 saturated heterocycles. The van der Waals surface area contributed by atoms with Gasteiger partial charge >= 0.3 is 0 Å². The number of carbonyl (C=O) groups excluding carboxylic acids is 1. The largest absolute Gasteiger partial charge is 0.361 e. The van der Waals surface area contributed by atoms with Crippen LogP contribution in [-0.4, -0.2) is 20.8 Å². The highest BCUT2D eigenvalue weighted by Gasteiger charge is 2.13. The third-order valence-corrected chi connectivity index (χ3v) is 4.13. The summed E-state index contributed by atoms with van der Waals surface area (Å²) in [5, 5.41) is 11.4. The van der Waals surface area contributed by atoms with Crippen molar-refractivity contribution in [2.45, 2.75) is 40.2 Å². The van der Waals surface area contributed by atoms with Crippen molar-refractivity contribution in [1.82, 2.24) is 14.9 Å². The lowest BCUT2D eigenvalue weighted by atomic mass is 10.1. The molecule has 3 aromatic rings. The fraction of sp³-hybridized carbons (Fsp3) is 0.316. The Morgan fingerprint density at radius 1 is 1.20 bits per heavy atom. The van der Waals surface area contributed by atoms with Crippen molar-refractivity contribution in [2.75, 3.05) is 5.32 Å². The molecule has 0 atom stereocenters. The van der Waals surface area contributed by atoms with Gasteiger partial charge < -0.3 is 9.84 Å². The molecule has 1 N–H and O–H groups in total. The average molecular weight is 338 g/mol. The highest BCUT2D eigenvalue weighted by Crippen LogP contribution is 2.16. The molecule has 0 radical (unpaired) electrons. The van der Waals surface area contributed by atoms with Gasteiger partial charge in [0, 0.05) is 18.1 Å². The molecule has 6 nitrogen and oxygen atoms in total. The Bertz CT molecular complexity index is 845. The lowest BCUT2D eigenvalue weighted by Crippen LogP contribution is -2.16. The zero-order valence-corrected chi connectivity index (χ0v) is 14.7. The molecule has 25 heavy (non-hydrogen) atoms. The molecule has 1 aromatic carbocycles. The van der Waals surface area contributed by atoms with Crippen LogP contribution in [0.5, 0.6) is 0 Å². The predicted molar refractivity (Wildman–Crippen MR) is 95.4 cm³/mol. The SMILES string of the molecule is Cc1cc(NC(=O)CCc2c(C)noc2C)n(Cc2ccccc2)n1. The van der Waals surface area contributed by atoms with Crippen LogP contribution in [0.25, 0.3) is 0 Å². The third kappa shape index (κ3) is 4.15. The molecule has 6 heteroatoms. The van der Waals surface area contributed by atoms with Gasteiger partial charge in [0.1, 0.15) is 11.6 Å². The van der Waals surface area contributed by atoms with Crippen molar-refractivity contribution in [3.8, 4) is 0 Å². The van der Waals surface area contributed by atoms with Crippen molar-refractivity contribution >= 4 is 11.7 Å². The van der Waals surface area contributed by atoms with E-state index in [0.717, 1.165) is 28.3 Å². The maximum absolute atomic E-state index is 12.3. The lowest BCUT2D eigenvalue weighted by Gasteiger charge is -2.09. The Morgan fingerprint density at radius 2 is 1.96 bits per heavy atom. The first-order valence-corrected chi connectivity index (χ1v) is 8.33. The van der Waals surface area contributed by atoms with E-state index < -0.39 is 0 Å². The van der Waals surface area contributed by atoms with Crippen LogP contribution in [0, 0.1) is 20.8 Å². The summed E-state index contributed by atoms with van der Waals surface area (Å²) < 4.78 is 6.96. The fourth-order valence-corrected chi connectivity index (χ4v) is 2.83. The van der Waals surface area contributed by atoms with Crippen molar-refractivity contribution in [2.24, 2.45) is 0 Å². The minimum absolute atomic E-state index is 0.0470. The van der Waals surface area contributed by atoms with E-state index in [4.69, 9.17) is 4.52 Å². The standard InChI is InChI=1S/C19H22N4O2/c1-13-11-18(23(21-13)12-16-7-5-4-6-8-16)20-19(24)10-9-17-14(2)22-25-15(17)3/h4-8,11H,9-10,12H2,1-3H3,(H,20,24). The van der Waals surface area contributed by atoms with Crippen LogP contribution >= 0.6 is 0 Å². The van der Waals surface area contributed by atoms with Gasteiger partial charge in [0.25, 0.3) is 0 Å². The first-order valence-electron chi connectivity index (χ1n) is 8.33. The molecule has 0 unspecified atom stereocenters. The van der Waals surface area contributed by atoms with Crippen molar-refractivity contribution in [1.29, 1.82) is 0 Å². The maximum Gasteiger partial charge on any atom is 0.225 e. The highest BCUT2D eigenvalue weighted by atomic mass is 16.5. The third-order valence-electron chi connectivity index (χ3n) is 4.13. The summed E-state index contributed by atoms with van der Waals surface area (Å²) in [6.45, 7) is 6.29. The first kappa shape index (κ1) is 17.0. The predicted octanol–water partition coefficient (Wildman–Crippen LogP) is 3.42. The van der Waals surface area contributed by atoms with E-state index in [-0.39, 0.29) is 5.91 Å². The van der Waals surface area contributed by atoms with E-state index in [0.29, 0.717) is 25.2 Å². The van der Waals surface area contributed by atoms with Gasteiger partial charge in [-0.3, -0.25) is 4.79 Å². The molecule has 3 rings (SSSR count). The van der Waals surface area contributed by atoms with Crippen LogP contribution in [-0.2, 0) is 17.8 Å². The second-order valence-corrected chi connectivity index (χ2v) is 6.17. The summed E-state index contributed by atoms with van der Waals surface area (Å²) in [5.74, 6) is 1.44. The molecule has 2 aromatic heterocycles. The van der Waals surface area contributed by atoms with Crippen molar-refractivity contribution in [3.05, 3.63) is 64.7 Å². The van der Waals surface area contributed by atoms with Gasteiger partial charge in [-0.25, -0.2) is 4.68 Å². The first-order chi connectivity index (χ1) is 12.0. The fourth-order valence-electron chi connectivity index (χ4n) is 2.83. The molecule has 130 valence electrons. The zero-order chi connectivity index (χ0) is 17.8. The Labute approximate surface area is 146 Å². The number of amides is 1. The van der Waals surface area contributed by atoms with Crippen LogP contribution in [0.3, 0.4) is 0 Å². The van der Waals surface area contributed by atoms with E-state index in [9.17, 15) is 4.79 Å². The number of benzene rings is 1. The lowest BCUT2D eigenvalue weighted by molar-refractivity contribution is -0.116. The van der Waals surface area contributed by atoms with Gasteiger partial charge in [0.05, 0.1) is 17.9 Å². The number of nitrogens with zero attached hydrogens (tertiary/aromatic N) is 3. The van der Waals surface area contributed by atoms with Crippen molar-refractivity contribution in [3.63, 3.8) is 0 Å². The van der Waals surface area contributed by atoms with Crippen LogP contribution < -0.4 is 5.32 Å². The maximum atomic E-state index is 12.3. The second kappa shape index (κ2) is 7.34. The molecule has 0 aliphatic rings. The zero-order valence-electron chi connectivity index (χ0n) is 14.7. The van der Waals surface area contributed by atoms with Gasteiger partial charge in [-0.1, -0.05) is 35.5 Å². The Balaban J connectivity index is 1.65. The van der Waals surface area contributed by atoms with Crippen LogP contribution in [0.2, 0.25) is 0 Å². The number of nitrogens with one attached hydrogen (secondary N) is 1. The Kier molecular flexibility index (Phi) is 4.97. The summed E-state index contributed by atoms with van der Waals surface area (Å²) in [6.07, 6.45) is 0.983. The number of aromatic nitrogens is 3. The highest BCUT2D eigenvalue weighted by molar-refractivity contribution is 5.90. The quantitative estimate of drug-likeness (QED) is 0.747. The topological polar surface area (TPSA) is 73.0 Å². The monoisotopic (exact) mass is 338 g/mol. The summed E-state index contributed by atoms with van der Waals surface area (Å²) in [4.78, 5) is 12.3. The van der Waals surface area contributed by atoms with Gasteiger partial charge in [0.2, 0.25) is 5.91 Å². The van der Waals surface area contributed by atoms with Gasteiger partial charge in [-0.05, 0) is 32.8 Å². The molecule has 0 aliphatic carbocycles. The molecule has 0 saturated carbocycles. The molecular weight excluding hydrogens is 316 g/mol. The van der Waals surface area contributed by atoms with Gasteiger partial charge in [-0.2, -0.15) is 5.10 Å². The molecule has 0 aliphatic heterocycles. The molecular formula is C19H22N4O2. The Hall–Kier alpha value is -2.89. The van der Waals surface area contributed by atoms with Gasteiger partial charge in [0.15, 0.2) is 0 Å². The van der Waals surface area contributed by atoms with Crippen molar-refractivity contribution < 1.29 is 9.32 Å². The number of aryl methyl sites for hydroxylation is 3. The number of carbonyl (C=O) groups is 1. The van der Waals surface area contributed by atoms with E-state index >= 15 is 0 Å². The minimum Gasteiger partial charge on any atom is -0.361 e. The summed E-state index contributed by atoms with van der Waals surface area (Å²) >= 11 is 0. The summed E-state index contributed by atoms with van der Waals surface area (Å²) in [5.41, 5.74) is 3.85. The number of hydrogen-bond donors (Lipinski definition) is 1. The second-order valence-electron chi connectivity index (χ2n) is 6.17. The van der Waals surface area contributed by atoms with Crippen LogP contribution in [0.1, 0.15) is 34.7 Å². The van der Waals surface area contributed by atoms with E-state index in [1.807, 2.05) is 61.9 Å². The number of anilines is 1. The smallest absolute Gasteiger partial charge is 0.225 e. The summed E-state index contributed by atoms with van der Waals surface area (Å²) in [7, 11) is 0. The van der Waals surface area contributed by atoms with E-state index in [1.165, 1.54) is 0 Å². The normalized spacial score (nSPS) is 10.8. The molecule has 0 bridgehead atoms. The molecule has 0 spiro atoms. The Morgan fingerprint density at radius 3 is 2.64 bits per heavy atom. The van der Waals surface area contributed by atoms with Gasteiger partial charge in [-0.15, -0.1) is 0 Å². The van der Waals surface area contributed by atoms with E-state index in [2.05, 4.69) is 15.6 Å². The van der Waals surface area contributed by atoms with Crippen LogP contribution in [0.15, 0.2) is 40.9 Å².